The molecule has 7 nitrogen and oxygen atoms in total. The lowest BCUT2D eigenvalue weighted by atomic mass is 10.1. The van der Waals surface area contributed by atoms with Gasteiger partial charge in [-0.25, -0.2) is 0 Å². The zero-order valence-electron chi connectivity index (χ0n) is 17.5. The fourth-order valence-electron chi connectivity index (χ4n) is 3.65. The van der Waals surface area contributed by atoms with Crippen LogP contribution in [0, 0.1) is 0 Å². The van der Waals surface area contributed by atoms with Gasteiger partial charge in [0.05, 0.1) is 19.1 Å². The molecule has 2 aromatic carbocycles. The molecule has 1 aromatic heterocycles. The summed E-state index contributed by atoms with van der Waals surface area (Å²) in [6, 6.07) is 13.0. The summed E-state index contributed by atoms with van der Waals surface area (Å²) in [7, 11) is 0. The van der Waals surface area contributed by atoms with E-state index in [1.165, 1.54) is 0 Å². The van der Waals surface area contributed by atoms with Crippen LogP contribution in [0.25, 0.3) is 11.4 Å². The number of likely N-dealkylation sites (tertiary alicyclic amines) is 1. The van der Waals surface area contributed by atoms with Gasteiger partial charge in [-0.2, -0.15) is 4.98 Å². The average molecular weight is 442 g/mol. The van der Waals surface area contributed by atoms with Gasteiger partial charge in [0.1, 0.15) is 0 Å². The van der Waals surface area contributed by atoms with Gasteiger partial charge in [0.2, 0.25) is 17.6 Å². The molecule has 2 heterocycles. The third kappa shape index (κ3) is 4.82. The fraction of sp³-hybridized carbons (Fsp3) is 0.348. The van der Waals surface area contributed by atoms with Crippen LogP contribution in [0.4, 0.5) is 0 Å². The predicted molar refractivity (Wildman–Crippen MR) is 116 cm³/mol. The number of carbonyl (C=O) groups is 1. The first-order valence-corrected chi connectivity index (χ1v) is 10.7. The molecular formula is C23H24ClN3O4. The first-order chi connectivity index (χ1) is 15.1. The highest BCUT2D eigenvalue weighted by atomic mass is 35.5. The number of ether oxygens (including phenoxy) is 2. The van der Waals surface area contributed by atoms with Crippen molar-refractivity contribution in [1.82, 2.24) is 15.0 Å². The van der Waals surface area contributed by atoms with Crippen LogP contribution in [0.3, 0.4) is 0 Å². The first-order valence-electron chi connectivity index (χ1n) is 10.3. The van der Waals surface area contributed by atoms with Gasteiger partial charge < -0.3 is 18.9 Å². The fourth-order valence-corrected chi connectivity index (χ4v) is 3.84. The smallest absolute Gasteiger partial charge is 0.232 e. The maximum absolute atomic E-state index is 12.6. The summed E-state index contributed by atoms with van der Waals surface area (Å²) >= 11 is 6.05. The lowest BCUT2D eigenvalue weighted by Crippen LogP contribution is -2.24. The highest BCUT2D eigenvalue weighted by Gasteiger charge is 2.34. The van der Waals surface area contributed by atoms with E-state index < -0.39 is 0 Å². The first kappa shape index (κ1) is 21.2. The SMILES string of the molecule is CCOc1ccc(CN2CC(c3nc(-c4cccc(Cl)c4)no3)CC2=O)cc1OCC. The zero-order valence-corrected chi connectivity index (χ0v) is 18.3. The summed E-state index contributed by atoms with van der Waals surface area (Å²) in [6.45, 7) is 5.97. The molecule has 31 heavy (non-hydrogen) atoms. The van der Waals surface area contributed by atoms with Gasteiger partial charge in [0, 0.05) is 30.1 Å². The largest absolute Gasteiger partial charge is 0.490 e. The van der Waals surface area contributed by atoms with Crippen molar-refractivity contribution in [2.45, 2.75) is 32.7 Å². The van der Waals surface area contributed by atoms with Gasteiger partial charge in [-0.3, -0.25) is 4.79 Å². The Kier molecular flexibility index (Phi) is 6.42. The lowest BCUT2D eigenvalue weighted by molar-refractivity contribution is -0.128. The normalized spacial score (nSPS) is 16.0. The van der Waals surface area contributed by atoms with Crippen LogP contribution in [0.1, 0.15) is 37.6 Å². The van der Waals surface area contributed by atoms with Crippen LogP contribution >= 0.6 is 11.6 Å². The Morgan fingerprint density at radius 3 is 2.71 bits per heavy atom. The molecular weight excluding hydrogens is 418 g/mol. The van der Waals surface area contributed by atoms with Crippen LogP contribution in [0.2, 0.25) is 5.02 Å². The number of carbonyl (C=O) groups excluding carboxylic acids is 1. The molecule has 0 aliphatic carbocycles. The molecule has 1 atom stereocenters. The Labute approximate surface area is 185 Å². The van der Waals surface area contributed by atoms with Gasteiger partial charge in [-0.05, 0) is 43.7 Å². The van der Waals surface area contributed by atoms with E-state index >= 15 is 0 Å². The van der Waals surface area contributed by atoms with Crippen molar-refractivity contribution in [2.24, 2.45) is 0 Å². The van der Waals surface area contributed by atoms with Crippen molar-refractivity contribution in [3.8, 4) is 22.9 Å². The monoisotopic (exact) mass is 441 g/mol. The van der Waals surface area contributed by atoms with Crippen LogP contribution in [0.5, 0.6) is 11.5 Å². The minimum Gasteiger partial charge on any atom is -0.490 e. The predicted octanol–water partition coefficient (Wildman–Crippen LogP) is 4.70. The van der Waals surface area contributed by atoms with E-state index in [1.807, 2.05) is 44.2 Å². The number of hydrogen-bond acceptors (Lipinski definition) is 6. The van der Waals surface area contributed by atoms with Crippen LogP contribution in [-0.2, 0) is 11.3 Å². The molecule has 0 saturated carbocycles. The molecule has 0 bridgehead atoms. The second-order valence-corrected chi connectivity index (χ2v) is 7.73. The van der Waals surface area contributed by atoms with E-state index in [9.17, 15) is 4.79 Å². The molecule has 0 radical (unpaired) electrons. The quantitative estimate of drug-likeness (QED) is 0.504. The molecule has 1 amide bonds. The van der Waals surface area contributed by atoms with Gasteiger partial charge in [-0.15, -0.1) is 0 Å². The van der Waals surface area contributed by atoms with Gasteiger partial charge in [0.25, 0.3) is 0 Å². The standard InChI is InChI=1S/C23H24ClN3O4/c1-3-29-19-9-8-15(10-20(19)30-4-2)13-27-14-17(12-21(27)28)23-25-22(26-31-23)16-6-5-7-18(24)11-16/h5-11,17H,3-4,12-14H2,1-2H3. The van der Waals surface area contributed by atoms with Crippen molar-refractivity contribution in [3.05, 3.63) is 58.9 Å². The maximum atomic E-state index is 12.6. The van der Waals surface area contributed by atoms with Crippen molar-refractivity contribution in [3.63, 3.8) is 0 Å². The van der Waals surface area contributed by atoms with Gasteiger partial charge in [0.15, 0.2) is 11.5 Å². The molecule has 1 saturated heterocycles. The van der Waals surface area contributed by atoms with Crippen molar-refractivity contribution >= 4 is 17.5 Å². The average Bonchev–Trinajstić information content (AvgIpc) is 3.38. The summed E-state index contributed by atoms with van der Waals surface area (Å²) < 4.78 is 16.8. The van der Waals surface area contributed by atoms with E-state index in [0.29, 0.717) is 61.0 Å². The number of halogens is 1. The highest BCUT2D eigenvalue weighted by Crippen LogP contribution is 2.32. The van der Waals surface area contributed by atoms with Crippen LogP contribution < -0.4 is 9.47 Å². The number of benzene rings is 2. The van der Waals surface area contributed by atoms with Crippen LogP contribution in [0.15, 0.2) is 47.0 Å². The minimum absolute atomic E-state index is 0.0550. The Morgan fingerprint density at radius 2 is 1.94 bits per heavy atom. The molecule has 1 aliphatic rings. The molecule has 1 aliphatic heterocycles. The Balaban J connectivity index is 1.46. The number of rotatable bonds is 8. The van der Waals surface area contributed by atoms with Crippen LogP contribution in [-0.4, -0.2) is 40.7 Å². The van der Waals surface area contributed by atoms with E-state index in [2.05, 4.69) is 10.1 Å². The molecule has 8 heteroatoms. The lowest BCUT2D eigenvalue weighted by Gasteiger charge is -2.18. The Hall–Kier alpha value is -3.06. The number of amides is 1. The molecule has 0 spiro atoms. The molecule has 1 fully saturated rings. The Morgan fingerprint density at radius 1 is 1.13 bits per heavy atom. The highest BCUT2D eigenvalue weighted by molar-refractivity contribution is 6.30. The van der Waals surface area contributed by atoms with E-state index in [4.69, 9.17) is 25.6 Å². The molecule has 1 unspecified atom stereocenters. The summed E-state index contributed by atoms with van der Waals surface area (Å²) in [5.74, 6) is 2.25. The van der Waals surface area contributed by atoms with E-state index in [-0.39, 0.29) is 11.8 Å². The summed E-state index contributed by atoms with van der Waals surface area (Å²) in [6.07, 6.45) is 0.340. The molecule has 4 rings (SSSR count). The topological polar surface area (TPSA) is 77.7 Å². The van der Waals surface area contributed by atoms with Crippen molar-refractivity contribution < 1.29 is 18.8 Å². The van der Waals surface area contributed by atoms with Crippen molar-refractivity contribution in [1.29, 1.82) is 0 Å². The van der Waals surface area contributed by atoms with Crippen molar-refractivity contribution in [2.75, 3.05) is 19.8 Å². The summed E-state index contributed by atoms with van der Waals surface area (Å²) in [5, 5.41) is 4.66. The Bertz CT molecular complexity index is 1070. The third-order valence-electron chi connectivity index (χ3n) is 5.07. The third-order valence-corrected chi connectivity index (χ3v) is 5.30. The maximum Gasteiger partial charge on any atom is 0.232 e. The summed E-state index contributed by atoms with van der Waals surface area (Å²) in [4.78, 5) is 18.9. The molecule has 0 N–H and O–H groups in total. The second kappa shape index (κ2) is 9.39. The summed E-state index contributed by atoms with van der Waals surface area (Å²) in [5.41, 5.74) is 1.76. The second-order valence-electron chi connectivity index (χ2n) is 7.29. The number of aromatic nitrogens is 2. The minimum atomic E-state index is -0.137. The zero-order chi connectivity index (χ0) is 21.8. The van der Waals surface area contributed by atoms with Gasteiger partial charge >= 0.3 is 0 Å². The van der Waals surface area contributed by atoms with Gasteiger partial charge in [-0.1, -0.05) is 35.0 Å². The van der Waals surface area contributed by atoms with E-state index in [1.54, 1.807) is 17.0 Å². The number of hydrogen-bond donors (Lipinski definition) is 0. The van der Waals surface area contributed by atoms with E-state index in [0.717, 1.165) is 11.1 Å². The molecule has 162 valence electrons. The molecule has 3 aromatic rings. The number of nitrogens with zero attached hydrogens (tertiary/aromatic N) is 3.